The smallest absolute Gasteiger partial charge is 0.0558 e. The SMILES string of the molecule is Nc1cccc[c]1[Hg][OH].OCCN(CCO)CCO. The van der Waals surface area contributed by atoms with Gasteiger partial charge in [0, 0.05) is 19.6 Å². The third-order valence-electron chi connectivity index (χ3n) is 2.47. The Bertz CT molecular complexity index is 314. The number of hydrogen-bond acceptors (Lipinski definition) is 6. The first-order chi connectivity index (χ1) is 9.19. The van der Waals surface area contributed by atoms with Crippen molar-refractivity contribution in [3.8, 4) is 0 Å². The molecule has 0 spiro atoms. The Morgan fingerprint density at radius 1 is 0.947 bits per heavy atom. The van der Waals surface area contributed by atoms with E-state index in [1.807, 2.05) is 24.3 Å². The van der Waals surface area contributed by atoms with Gasteiger partial charge in [-0.3, -0.25) is 4.90 Å². The molecule has 6 N–H and O–H groups in total. The number of aliphatic hydroxyl groups is 3. The second-order valence-corrected chi connectivity index (χ2v) is 8.06. The van der Waals surface area contributed by atoms with Crippen LogP contribution in [0.2, 0.25) is 0 Å². The number of nitrogens with zero attached hydrogens (tertiary/aromatic N) is 1. The van der Waals surface area contributed by atoms with Crippen LogP contribution in [0, 0.1) is 0 Å². The zero-order valence-corrected chi connectivity index (χ0v) is 16.6. The number of aliphatic hydroxyl groups excluding tert-OH is 3. The number of anilines is 1. The molecule has 0 fully saturated rings. The minimum atomic E-state index is -1.71. The monoisotopic (exact) mass is 460 g/mol. The first-order valence-electron chi connectivity index (χ1n) is 6.18. The van der Waals surface area contributed by atoms with E-state index in [0.29, 0.717) is 19.6 Å². The summed E-state index contributed by atoms with van der Waals surface area (Å²) in [5.41, 5.74) is 6.28. The molecule has 0 aliphatic carbocycles. The fourth-order valence-corrected chi connectivity index (χ4v) is 3.54. The van der Waals surface area contributed by atoms with E-state index in [0.717, 1.165) is 8.76 Å². The van der Waals surface area contributed by atoms with Gasteiger partial charge in [0.2, 0.25) is 0 Å². The summed E-state index contributed by atoms with van der Waals surface area (Å²) in [6.07, 6.45) is 0. The Balaban J connectivity index is 0.000000342. The molecule has 0 saturated carbocycles. The van der Waals surface area contributed by atoms with Gasteiger partial charge in [-0.05, 0) is 0 Å². The van der Waals surface area contributed by atoms with Gasteiger partial charge in [0.25, 0.3) is 0 Å². The van der Waals surface area contributed by atoms with Crippen molar-refractivity contribution in [3.05, 3.63) is 24.3 Å². The minimum absolute atomic E-state index is 0.0694. The van der Waals surface area contributed by atoms with Gasteiger partial charge >= 0.3 is 66.8 Å². The van der Waals surface area contributed by atoms with E-state index in [2.05, 4.69) is 0 Å². The number of benzene rings is 1. The molecule has 0 heterocycles. The maximum atomic E-state index is 8.86. The largest absolute Gasteiger partial charge is 0.395 e. The molecule has 0 unspecified atom stereocenters. The molecule has 1 rings (SSSR count). The van der Waals surface area contributed by atoms with Crippen LogP contribution in [0.5, 0.6) is 0 Å². The molecule has 0 aliphatic heterocycles. The maximum absolute atomic E-state index is 8.86. The van der Waals surface area contributed by atoms with E-state index in [1.165, 1.54) is 0 Å². The molecule has 0 amide bonds. The molecule has 0 aliphatic rings. The molecule has 106 valence electrons. The Morgan fingerprint density at radius 2 is 1.42 bits per heavy atom. The summed E-state index contributed by atoms with van der Waals surface area (Å²) < 4.78 is 9.87. The average Bonchev–Trinajstić information content (AvgIpc) is 2.41. The molecular weight excluding hydrogens is 437 g/mol. The standard InChI is InChI=1S/C6H15NO3.C6H6N.Hg.H2O/c8-4-1-7(2-5-9)3-6-10;7-6-4-2-1-3-5-6;;/h8-10H,1-6H2;1-4H,7H2;;1H2/q;;+1;/p-1. The molecule has 19 heavy (non-hydrogen) atoms. The molecule has 0 saturated heterocycles. The van der Waals surface area contributed by atoms with E-state index in [4.69, 9.17) is 24.1 Å². The van der Waals surface area contributed by atoms with Crippen LogP contribution < -0.4 is 8.81 Å². The van der Waals surface area contributed by atoms with Crippen molar-refractivity contribution in [2.24, 2.45) is 0 Å². The van der Waals surface area contributed by atoms with Gasteiger partial charge in [0.05, 0.1) is 19.8 Å². The normalized spacial score (nSPS) is 9.74. The Morgan fingerprint density at radius 3 is 1.74 bits per heavy atom. The van der Waals surface area contributed by atoms with E-state index in [1.54, 1.807) is 4.90 Å². The van der Waals surface area contributed by atoms with Gasteiger partial charge in [-0.25, -0.2) is 0 Å². The Labute approximate surface area is 126 Å². The predicted octanol–water partition coefficient (Wildman–Crippen LogP) is -1.85. The number of hydrogen-bond donors (Lipinski definition) is 5. The summed E-state index contributed by atoms with van der Waals surface area (Å²) in [6, 6.07) is 7.51. The number of rotatable bonds is 7. The van der Waals surface area contributed by atoms with E-state index in [9.17, 15) is 0 Å². The quantitative estimate of drug-likeness (QED) is 0.242. The summed E-state index contributed by atoms with van der Waals surface area (Å²) in [7, 11) is 0. The molecule has 0 aromatic heterocycles. The van der Waals surface area contributed by atoms with Crippen LogP contribution in [0.4, 0.5) is 5.69 Å². The third kappa shape index (κ3) is 9.31. The Hall–Kier alpha value is -0.245. The fourth-order valence-electron chi connectivity index (χ4n) is 1.44. The maximum Gasteiger partial charge on any atom is 0.0558 e. The first-order valence-corrected chi connectivity index (χ1v) is 11.4. The van der Waals surface area contributed by atoms with E-state index >= 15 is 0 Å². The number of para-hydroxylation sites is 1. The topological polar surface area (TPSA) is 110 Å². The van der Waals surface area contributed by atoms with Gasteiger partial charge in [0.1, 0.15) is 0 Å². The van der Waals surface area contributed by atoms with Crippen LogP contribution in [-0.2, 0) is 25.0 Å². The van der Waals surface area contributed by atoms with Crippen LogP contribution in [-0.4, -0.2) is 62.7 Å². The first kappa shape index (κ1) is 18.8. The number of nitrogen functional groups attached to an aromatic ring is 1. The second-order valence-electron chi connectivity index (χ2n) is 3.87. The third-order valence-corrected chi connectivity index (χ3v) is 6.30. The van der Waals surface area contributed by atoms with Crippen molar-refractivity contribution in [2.75, 3.05) is 45.2 Å². The summed E-state index contributed by atoms with van der Waals surface area (Å²) >= 11 is -1.71. The fraction of sp³-hybridized carbons (Fsp3) is 0.500. The zero-order valence-electron chi connectivity index (χ0n) is 11.1. The van der Waals surface area contributed by atoms with Gasteiger partial charge in [-0.2, -0.15) is 0 Å². The van der Waals surface area contributed by atoms with Crippen molar-refractivity contribution in [1.82, 2.24) is 4.90 Å². The van der Waals surface area contributed by atoms with Gasteiger partial charge < -0.3 is 15.3 Å². The van der Waals surface area contributed by atoms with E-state index < -0.39 is 25.0 Å². The molecule has 0 radical (unpaired) electrons. The van der Waals surface area contributed by atoms with Gasteiger partial charge in [0.15, 0.2) is 0 Å². The van der Waals surface area contributed by atoms with E-state index in [-0.39, 0.29) is 19.8 Å². The molecule has 0 atom stereocenters. The van der Waals surface area contributed by atoms with Crippen LogP contribution in [0.15, 0.2) is 24.3 Å². The molecule has 0 bridgehead atoms. The van der Waals surface area contributed by atoms with Crippen molar-refractivity contribution in [1.29, 1.82) is 0 Å². The van der Waals surface area contributed by atoms with Crippen molar-refractivity contribution in [2.45, 2.75) is 0 Å². The van der Waals surface area contributed by atoms with Crippen LogP contribution in [0.1, 0.15) is 0 Å². The molecular formula is C12H22HgN2O4. The molecule has 6 nitrogen and oxygen atoms in total. The summed E-state index contributed by atoms with van der Waals surface area (Å²) in [6.45, 7) is 1.75. The van der Waals surface area contributed by atoms with Crippen LogP contribution in [0.3, 0.4) is 0 Å². The molecule has 7 heteroatoms. The Kier molecular flexibility index (Phi) is 12.6. The second kappa shape index (κ2) is 12.8. The minimum Gasteiger partial charge on any atom is -0.395 e. The predicted molar refractivity (Wildman–Crippen MR) is 70.4 cm³/mol. The zero-order chi connectivity index (χ0) is 14.5. The van der Waals surface area contributed by atoms with Crippen molar-refractivity contribution >= 4 is 8.76 Å². The summed E-state index contributed by atoms with van der Waals surface area (Å²) in [5, 5.41) is 25.5. The molecule has 1 aromatic rings. The van der Waals surface area contributed by atoms with Gasteiger partial charge in [-0.15, -0.1) is 0 Å². The van der Waals surface area contributed by atoms with Gasteiger partial charge in [-0.1, -0.05) is 0 Å². The van der Waals surface area contributed by atoms with Crippen LogP contribution in [0.25, 0.3) is 0 Å². The van der Waals surface area contributed by atoms with Crippen LogP contribution >= 0.6 is 0 Å². The number of nitrogens with two attached hydrogens (primary N) is 1. The van der Waals surface area contributed by atoms with Crippen molar-refractivity contribution in [3.63, 3.8) is 0 Å². The average molecular weight is 459 g/mol. The van der Waals surface area contributed by atoms with Crippen molar-refractivity contribution < 1.29 is 43.4 Å². The molecule has 1 aromatic carbocycles. The summed E-state index contributed by atoms with van der Waals surface area (Å²) in [4.78, 5) is 1.79. The summed E-state index contributed by atoms with van der Waals surface area (Å²) in [5.74, 6) is 0.